The summed E-state index contributed by atoms with van der Waals surface area (Å²) in [4.78, 5) is 4.35. The second-order valence-electron chi connectivity index (χ2n) is 4.22. The van der Waals surface area contributed by atoms with Crippen LogP contribution in [0, 0.1) is 13.8 Å². The third-order valence-electron chi connectivity index (χ3n) is 2.59. The molecule has 0 spiro atoms. The van der Waals surface area contributed by atoms with Gasteiger partial charge < -0.3 is 13.9 Å². The van der Waals surface area contributed by atoms with E-state index in [1.807, 2.05) is 26.0 Å². The number of aryl methyl sites for hydroxylation is 2. The van der Waals surface area contributed by atoms with Crippen LogP contribution in [0.25, 0.3) is 5.82 Å². The van der Waals surface area contributed by atoms with Crippen LogP contribution < -0.4 is 0 Å². The van der Waals surface area contributed by atoms with Gasteiger partial charge in [0.2, 0.25) is 0 Å². The van der Waals surface area contributed by atoms with Crippen LogP contribution in [0.1, 0.15) is 17.0 Å². The van der Waals surface area contributed by atoms with Gasteiger partial charge in [0.05, 0.1) is 6.61 Å². The molecule has 0 aliphatic rings. The molecule has 2 aromatic rings. The highest BCUT2D eigenvalue weighted by Crippen LogP contribution is 2.16. The lowest BCUT2D eigenvalue weighted by molar-refractivity contribution is 0.277. The molecule has 0 unspecified atom stereocenters. The number of pyridine rings is 1. The van der Waals surface area contributed by atoms with Crippen LogP contribution in [0.15, 0.2) is 30.5 Å². The Balaban J connectivity index is 0.000000612. The summed E-state index contributed by atoms with van der Waals surface area (Å²) in [6, 6.07) is 7.94. The van der Waals surface area contributed by atoms with Gasteiger partial charge in [0.15, 0.2) is 12.3 Å². The lowest BCUT2D eigenvalue weighted by Crippen LogP contribution is -2.02. The summed E-state index contributed by atoms with van der Waals surface area (Å²) in [7, 11) is 3.25. The maximum atomic E-state index is 8.54. The fourth-order valence-corrected chi connectivity index (χ4v) is 1.99. The van der Waals surface area contributed by atoms with Crippen LogP contribution >= 0.6 is 12.3 Å². The molecule has 0 aliphatic carbocycles. The molecule has 0 aliphatic heterocycles. The van der Waals surface area contributed by atoms with E-state index in [2.05, 4.69) is 26.4 Å². The number of nitrogens with zero attached hydrogens (tertiary/aromatic N) is 2. The van der Waals surface area contributed by atoms with E-state index in [-0.39, 0.29) is 0 Å². The van der Waals surface area contributed by atoms with E-state index in [0.717, 1.165) is 22.8 Å². The van der Waals surface area contributed by atoms with E-state index < -0.39 is 0 Å². The van der Waals surface area contributed by atoms with Gasteiger partial charge in [-0.1, -0.05) is 0 Å². The van der Waals surface area contributed by atoms with Crippen LogP contribution in [0.3, 0.4) is 0 Å². The molecular formula is C14H20N2O3S. The van der Waals surface area contributed by atoms with Crippen molar-refractivity contribution < 1.29 is 13.5 Å². The third-order valence-corrected chi connectivity index (χ3v) is 2.81. The van der Waals surface area contributed by atoms with Gasteiger partial charge in [-0.15, -0.1) is 0 Å². The predicted molar refractivity (Wildman–Crippen MR) is 81.0 cm³/mol. The van der Waals surface area contributed by atoms with Crippen LogP contribution in [-0.2, 0) is 15.5 Å². The van der Waals surface area contributed by atoms with Gasteiger partial charge in [0.1, 0.15) is 5.82 Å². The van der Waals surface area contributed by atoms with Gasteiger partial charge in [-0.2, -0.15) is 0 Å². The fraction of sp³-hybridized carbons (Fsp3) is 0.357. The van der Waals surface area contributed by atoms with Crippen molar-refractivity contribution in [1.82, 2.24) is 9.55 Å². The molecule has 20 heavy (non-hydrogen) atoms. The van der Waals surface area contributed by atoms with Gasteiger partial charge >= 0.3 is 0 Å². The molecule has 2 aromatic heterocycles. The summed E-state index contributed by atoms with van der Waals surface area (Å²) >= 11 is 0.379. The third kappa shape index (κ3) is 4.64. The van der Waals surface area contributed by atoms with Crippen LogP contribution in [0.5, 0.6) is 0 Å². The molecule has 0 bridgehead atoms. The molecule has 2 rings (SSSR count). The first-order valence-corrected chi connectivity index (χ1v) is 6.77. The average Bonchev–Trinajstić information content (AvgIpc) is 2.77. The van der Waals surface area contributed by atoms with Crippen LogP contribution in [-0.4, -0.2) is 28.3 Å². The van der Waals surface area contributed by atoms with E-state index in [0.29, 0.717) is 18.9 Å². The average molecular weight is 296 g/mol. The van der Waals surface area contributed by atoms with Crippen molar-refractivity contribution in [3.63, 3.8) is 0 Å². The number of hydrogen-bond acceptors (Lipinski definition) is 5. The Morgan fingerprint density at radius 1 is 1.20 bits per heavy atom. The molecule has 0 radical (unpaired) electrons. The molecule has 0 saturated carbocycles. The Hall–Kier alpha value is -1.34. The van der Waals surface area contributed by atoms with E-state index in [9.17, 15) is 0 Å². The van der Waals surface area contributed by atoms with Gasteiger partial charge in [0.25, 0.3) is 0 Å². The zero-order valence-electron chi connectivity index (χ0n) is 12.2. The highest BCUT2D eigenvalue weighted by Gasteiger charge is 2.05. The zero-order valence-corrected chi connectivity index (χ0v) is 13.0. The Morgan fingerprint density at radius 3 is 2.35 bits per heavy atom. The van der Waals surface area contributed by atoms with E-state index in [4.69, 9.17) is 8.74 Å². The first-order valence-electron chi connectivity index (χ1n) is 6.07. The van der Waals surface area contributed by atoms with Crippen LogP contribution in [0.2, 0.25) is 0 Å². The largest absolute Gasteiger partial charge is 0.388 e. The van der Waals surface area contributed by atoms with E-state index >= 15 is 0 Å². The van der Waals surface area contributed by atoms with Gasteiger partial charge in [-0.3, -0.25) is 4.18 Å². The number of methoxy groups -OCH3 is 1. The minimum atomic E-state index is 0.357. The minimum Gasteiger partial charge on any atom is -0.388 e. The maximum Gasteiger partial charge on any atom is 0.156 e. The van der Waals surface area contributed by atoms with Crippen molar-refractivity contribution >= 4 is 12.3 Å². The molecule has 1 N–H and O–H groups in total. The van der Waals surface area contributed by atoms with Crippen molar-refractivity contribution in [3.05, 3.63) is 47.4 Å². The topological polar surface area (TPSA) is 56.5 Å². The molecule has 0 saturated heterocycles. The standard InChI is InChI=1S/C12H14N2O2S.C2H6O/c1-9-3-4-10(2)14(9)12-7-11(5-6-13-12)8-16-17-15;1-3-2/h3-7,15H,8H2,1-2H3;1-2H3. The Kier molecular flexibility index (Phi) is 7.32. The lowest BCUT2D eigenvalue weighted by atomic mass is 10.3. The molecule has 2 heterocycles. The highest BCUT2D eigenvalue weighted by atomic mass is 32.2. The molecule has 0 aromatic carbocycles. The normalized spacial score (nSPS) is 10.1. The first kappa shape index (κ1) is 16.7. The Labute approximate surface area is 124 Å². The molecule has 5 nitrogen and oxygen atoms in total. The second kappa shape index (κ2) is 8.76. The molecule has 0 atom stereocenters. The monoisotopic (exact) mass is 296 g/mol. The molecule has 110 valence electrons. The number of aromatic nitrogens is 2. The molecule has 6 heteroatoms. The summed E-state index contributed by atoms with van der Waals surface area (Å²) in [6.07, 6.45) is 1.74. The number of hydrogen-bond donors (Lipinski definition) is 1. The summed E-state index contributed by atoms with van der Waals surface area (Å²) in [6.45, 7) is 4.44. The molecule has 0 fully saturated rings. The van der Waals surface area contributed by atoms with Gasteiger partial charge in [-0.25, -0.2) is 4.98 Å². The molecule has 0 amide bonds. The van der Waals surface area contributed by atoms with Gasteiger partial charge in [-0.05, 0) is 43.7 Å². The first-order chi connectivity index (χ1) is 9.63. The minimum absolute atomic E-state index is 0.357. The number of rotatable bonds is 4. The summed E-state index contributed by atoms with van der Waals surface area (Å²) in [5.41, 5.74) is 3.26. The van der Waals surface area contributed by atoms with Gasteiger partial charge in [0, 0.05) is 31.8 Å². The SMILES string of the molecule is COC.Cc1ccc(C)n1-c1cc(COSO)ccn1. The van der Waals surface area contributed by atoms with Crippen molar-refractivity contribution in [2.24, 2.45) is 0 Å². The lowest BCUT2D eigenvalue weighted by Gasteiger charge is -2.09. The zero-order chi connectivity index (χ0) is 15.0. The number of ether oxygens (including phenoxy) is 1. The smallest absolute Gasteiger partial charge is 0.156 e. The summed E-state index contributed by atoms with van der Waals surface area (Å²) < 4.78 is 19.8. The summed E-state index contributed by atoms with van der Waals surface area (Å²) in [5, 5.41) is 0. The Morgan fingerprint density at radius 2 is 1.80 bits per heavy atom. The highest BCUT2D eigenvalue weighted by molar-refractivity contribution is 7.88. The maximum absolute atomic E-state index is 8.54. The Bertz CT molecular complexity index is 509. The molecular weight excluding hydrogens is 276 g/mol. The van der Waals surface area contributed by atoms with Crippen molar-refractivity contribution in [2.75, 3.05) is 14.2 Å². The van der Waals surface area contributed by atoms with Crippen molar-refractivity contribution in [2.45, 2.75) is 20.5 Å². The van der Waals surface area contributed by atoms with Crippen LogP contribution in [0.4, 0.5) is 0 Å². The second-order valence-corrected chi connectivity index (χ2v) is 4.60. The summed E-state index contributed by atoms with van der Waals surface area (Å²) in [5.74, 6) is 0.869. The predicted octanol–water partition coefficient (Wildman–Crippen LogP) is 3.39. The van der Waals surface area contributed by atoms with E-state index in [1.165, 1.54) is 0 Å². The fourth-order valence-electron chi connectivity index (χ4n) is 1.80. The quantitative estimate of drug-likeness (QED) is 0.876. The van der Waals surface area contributed by atoms with Crippen molar-refractivity contribution in [3.8, 4) is 5.82 Å². The van der Waals surface area contributed by atoms with E-state index in [1.54, 1.807) is 20.4 Å². The van der Waals surface area contributed by atoms with Crippen molar-refractivity contribution in [1.29, 1.82) is 0 Å².